The molecule has 0 spiro atoms. The minimum atomic E-state index is -0.618. The van der Waals surface area contributed by atoms with Crippen LogP contribution in [0.4, 0.5) is 0 Å². The number of nitrogens with one attached hydrogen (secondary N) is 1. The van der Waals surface area contributed by atoms with Crippen molar-refractivity contribution >= 4 is 17.7 Å². The molecule has 1 aliphatic heterocycles. The highest BCUT2D eigenvalue weighted by Gasteiger charge is 2.17. The van der Waals surface area contributed by atoms with E-state index in [9.17, 15) is 9.90 Å². The first-order chi connectivity index (χ1) is 9.25. The van der Waals surface area contributed by atoms with Crippen molar-refractivity contribution in [2.75, 3.05) is 18.1 Å². The van der Waals surface area contributed by atoms with Crippen molar-refractivity contribution in [3.05, 3.63) is 35.9 Å². The summed E-state index contributed by atoms with van der Waals surface area (Å²) in [4.78, 5) is 11.8. The predicted molar refractivity (Wildman–Crippen MR) is 79.1 cm³/mol. The molecule has 0 saturated carbocycles. The van der Waals surface area contributed by atoms with Gasteiger partial charge in [0, 0.05) is 13.0 Å². The summed E-state index contributed by atoms with van der Waals surface area (Å²) in [6.07, 6.45) is 2.26. The monoisotopic (exact) mass is 279 g/mol. The van der Waals surface area contributed by atoms with E-state index in [1.165, 1.54) is 11.5 Å². The summed E-state index contributed by atoms with van der Waals surface area (Å²) in [5.41, 5.74) is 0.844. The van der Waals surface area contributed by atoms with Gasteiger partial charge < -0.3 is 10.4 Å². The molecule has 1 saturated heterocycles. The maximum atomic E-state index is 11.8. The third-order valence-electron chi connectivity index (χ3n) is 3.49. The molecule has 19 heavy (non-hydrogen) atoms. The Morgan fingerprint density at radius 1 is 1.32 bits per heavy atom. The van der Waals surface area contributed by atoms with Crippen LogP contribution in [0.25, 0.3) is 0 Å². The van der Waals surface area contributed by atoms with Crippen LogP contribution >= 0.6 is 11.8 Å². The summed E-state index contributed by atoms with van der Waals surface area (Å²) in [6.45, 7) is 0.296. The van der Waals surface area contributed by atoms with Gasteiger partial charge in [-0.05, 0) is 35.8 Å². The third-order valence-corrected chi connectivity index (χ3v) is 4.54. The minimum Gasteiger partial charge on any atom is -0.387 e. The van der Waals surface area contributed by atoms with Gasteiger partial charge in [-0.3, -0.25) is 4.79 Å². The second-order valence-corrected chi connectivity index (χ2v) is 6.22. The van der Waals surface area contributed by atoms with E-state index in [-0.39, 0.29) is 5.91 Å². The lowest BCUT2D eigenvalue weighted by atomic mass is 9.98. The topological polar surface area (TPSA) is 49.3 Å². The van der Waals surface area contributed by atoms with Crippen LogP contribution < -0.4 is 5.32 Å². The van der Waals surface area contributed by atoms with Gasteiger partial charge in [0.15, 0.2) is 0 Å². The van der Waals surface area contributed by atoms with Crippen molar-refractivity contribution in [3.8, 4) is 0 Å². The maximum absolute atomic E-state index is 11.8. The fraction of sp³-hybridized carbons (Fsp3) is 0.533. The van der Waals surface area contributed by atoms with Gasteiger partial charge in [0.25, 0.3) is 0 Å². The Hall–Kier alpha value is -1.00. The molecule has 1 aliphatic rings. The summed E-state index contributed by atoms with van der Waals surface area (Å²) < 4.78 is 0. The number of aliphatic hydroxyl groups is 1. The lowest BCUT2D eigenvalue weighted by Gasteiger charge is -2.21. The fourth-order valence-electron chi connectivity index (χ4n) is 2.29. The first kappa shape index (κ1) is 14.4. The van der Waals surface area contributed by atoms with Crippen molar-refractivity contribution in [2.45, 2.75) is 25.4 Å². The highest BCUT2D eigenvalue weighted by atomic mass is 32.2. The molecular formula is C15H21NO2S. The van der Waals surface area contributed by atoms with Gasteiger partial charge in [0.05, 0.1) is 6.10 Å². The number of hydrogen-bond donors (Lipinski definition) is 2. The zero-order valence-electron chi connectivity index (χ0n) is 11.0. The average molecular weight is 279 g/mol. The second-order valence-electron chi connectivity index (χ2n) is 4.99. The number of rotatable bonds is 5. The molecule has 2 N–H and O–H groups in total. The van der Waals surface area contributed by atoms with E-state index in [1.807, 2.05) is 42.1 Å². The molecule has 1 aromatic carbocycles. The van der Waals surface area contributed by atoms with Gasteiger partial charge in [-0.25, -0.2) is 0 Å². The number of amides is 1. The summed E-state index contributed by atoms with van der Waals surface area (Å²) in [5, 5.41) is 12.8. The Balaban J connectivity index is 1.71. The SMILES string of the molecule is O=C(CC1CCSCC1)NCC(O)c1ccccc1. The Morgan fingerprint density at radius 3 is 2.68 bits per heavy atom. The van der Waals surface area contributed by atoms with Crippen molar-refractivity contribution < 1.29 is 9.90 Å². The Labute approximate surface area is 118 Å². The summed E-state index contributed by atoms with van der Waals surface area (Å²) in [5.74, 6) is 2.93. The molecule has 0 radical (unpaired) electrons. The molecule has 1 heterocycles. The predicted octanol–water partition coefficient (Wildman–Crippen LogP) is 2.37. The number of hydrogen-bond acceptors (Lipinski definition) is 3. The normalized spacial score (nSPS) is 17.9. The molecular weight excluding hydrogens is 258 g/mol. The lowest BCUT2D eigenvalue weighted by molar-refractivity contribution is -0.122. The van der Waals surface area contributed by atoms with Gasteiger partial charge >= 0.3 is 0 Å². The van der Waals surface area contributed by atoms with Crippen LogP contribution in [0.1, 0.15) is 30.9 Å². The van der Waals surface area contributed by atoms with E-state index < -0.39 is 6.10 Å². The van der Waals surface area contributed by atoms with Crippen molar-refractivity contribution in [3.63, 3.8) is 0 Å². The van der Waals surface area contributed by atoms with E-state index >= 15 is 0 Å². The zero-order chi connectivity index (χ0) is 13.5. The molecule has 1 amide bonds. The van der Waals surface area contributed by atoms with Gasteiger partial charge in [-0.2, -0.15) is 11.8 Å². The highest BCUT2D eigenvalue weighted by molar-refractivity contribution is 7.99. The first-order valence-corrected chi connectivity index (χ1v) is 7.98. The van der Waals surface area contributed by atoms with E-state index in [0.717, 1.165) is 18.4 Å². The molecule has 1 unspecified atom stereocenters. The largest absolute Gasteiger partial charge is 0.387 e. The molecule has 4 heteroatoms. The Kier molecular flexibility index (Phi) is 5.73. The van der Waals surface area contributed by atoms with Crippen molar-refractivity contribution in [1.82, 2.24) is 5.32 Å². The number of benzene rings is 1. The summed E-state index contributed by atoms with van der Waals surface area (Å²) >= 11 is 1.97. The summed E-state index contributed by atoms with van der Waals surface area (Å²) in [7, 11) is 0. The van der Waals surface area contributed by atoms with Gasteiger partial charge in [0.1, 0.15) is 0 Å². The molecule has 104 valence electrons. The number of thioether (sulfide) groups is 1. The standard InChI is InChI=1S/C15H21NO2S/c17-14(13-4-2-1-3-5-13)11-16-15(18)10-12-6-8-19-9-7-12/h1-5,12,14,17H,6-11H2,(H,16,18). The molecule has 1 fully saturated rings. The summed E-state index contributed by atoms with van der Waals surface area (Å²) in [6, 6.07) is 9.43. The molecule has 1 aromatic rings. The number of carbonyl (C=O) groups is 1. The van der Waals surface area contributed by atoms with Crippen LogP contribution in [-0.4, -0.2) is 29.1 Å². The number of carbonyl (C=O) groups excluding carboxylic acids is 1. The molecule has 1 atom stereocenters. The van der Waals surface area contributed by atoms with E-state index in [2.05, 4.69) is 5.32 Å². The van der Waals surface area contributed by atoms with Gasteiger partial charge in [-0.1, -0.05) is 30.3 Å². The van der Waals surface area contributed by atoms with E-state index in [0.29, 0.717) is 18.9 Å². The highest BCUT2D eigenvalue weighted by Crippen LogP contribution is 2.25. The van der Waals surface area contributed by atoms with Crippen molar-refractivity contribution in [2.24, 2.45) is 5.92 Å². The molecule has 0 bridgehead atoms. The van der Waals surface area contributed by atoms with Crippen LogP contribution in [0.5, 0.6) is 0 Å². The first-order valence-electron chi connectivity index (χ1n) is 6.83. The zero-order valence-corrected chi connectivity index (χ0v) is 11.9. The van der Waals surface area contributed by atoms with Crippen molar-refractivity contribution in [1.29, 1.82) is 0 Å². The Morgan fingerprint density at radius 2 is 2.00 bits per heavy atom. The lowest BCUT2D eigenvalue weighted by Crippen LogP contribution is -2.30. The minimum absolute atomic E-state index is 0.0619. The fourth-order valence-corrected chi connectivity index (χ4v) is 3.49. The van der Waals surface area contributed by atoms with Crippen LogP contribution in [-0.2, 0) is 4.79 Å². The smallest absolute Gasteiger partial charge is 0.220 e. The Bertz CT molecular complexity index is 390. The van der Waals surface area contributed by atoms with E-state index in [4.69, 9.17) is 0 Å². The molecule has 0 aliphatic carbocycles. The third kappa shape index (κ3) is 4.88. The second kappa shape index (κ2) is 7.56. The maximum Gasteiger partial charge on any atom is 0.220 e. The molecule has 2 rings (SSSR count). The van der Waals surface area contributed by atoms with Crippen LogP contribution in [0, 0.1) is 5.92 Å². The van der Waals surface area contributed by atoms with Crippen LogP contribution in [0.2, 0.25) is 0 Å². The van der Waals surface area contributed by atoms with E-state index in [1.54, 1.807) is 0 Å². The van der Waals surface area contributed by atoms with Crippen LogP contribution in [0.15, 0.2) is 30.3 Å². The van der Waals surface area contributed by atoms with Crippen LogP contribution in [0.3, 0.4) is 0 Å². The average Bonchev–Trinajstić information content (AvgIpc) is 2.47. The van der Waals surface area contributed by atoms with Gasteiger partial charge in [0.2, 0.25) is 5.91 Å². The molecule has 0 aromatic heterocycles. The number of aliphatic hydroxyl groups excluding tert-OH is 1. The van der Waals surface area contributed by atoms with Gasteiger partial charge in [-0.15, -0.1) is 0 Å². The molecule has 3 nitrogen and oxygen atoms in total. The quantitative estimate of drug-likeness (QED) is 0.870.